The maximum absolute atomic E-state index is 13.2. The van der Waals surface area contributed by atoms with Crippen LogP contribution in [0.2, 0.25) is 0 Å². The zero-order valence-corrected chi connectivity index (χ0v) is 16.0. The SMILES string of the molecule is C=CCN(c1cccc([N+](=O)[O-])c1C)S(=O)(=O)c1ccc(OC)c(OC)c1. The lowest BCUT2D eigenvalue weighted by Crippen LogP contribution is -2.32. The van der Waals surface area contributed by atoms with Gasteiger partial charge in [-0.15, -0.1) is 6.58 Å². The number of benzene rings is 2. The van der Waals surface area contributed by atoms with Crippen LogP contribution in [0.4, 0.5) is 11.4 Å². The number of hydrogen-bond acceptors (Lipinski definition) is 6. The van der Waals surface area contributed by atoms with Gasteiger partial charge in [0.1, 0.15) is 0 Å². The molecule has 0 unspecified atom stereocenters. The summed E-state index contributed by atoms with van der Waals surface area (Å²) < 4.78 is 37.9. The molecule has 0 spiro atoms. The van der Waals surface area contributed by atoms with Gasteiger partial charge in [0, 0.05) is 12.1 Å². The molecule has 0 bridgehead atoms. The van der Waals surface area contributed by atoms with E-state index in [-0.39, 0.29) is 34.1 Å². The Morgan fingerprint density at radius 2 is 1.85 bits per heavy atom. The molecule has 0 N–H and O–H groups in total. The second-order valence-electron chi connectivity index (χ2n) is 5.52. The van der Waals surface area contributed by atoms with Crippen molar-refractivity contribution in [3.05, 3.63) is 64.7 Å². The highest BCUT2D eigenvalue weighted by molar-refractivity contribution is 7.92. The van der Waals surface area contributed by atoms with Crippen LogP contribution in [0.5, 0.6) is 11.5 Å². The minimum absolute atomic E-state index is 0.0343. The monoisotopic (exact) mass is 392 g/mol. The summed E-state index contributed by atoms with van der Waals surface area (Å²) in [6, 6.07) is 8.51. The highest BCUT2D eigenvalue weighted by Gasteiger charge is 2.28. The molecule has 0 saturated carbocycles. The fraction of sp³-hybridized carbons (Fsp3) is 0.222. The van der Waals surface area contributed by atoms with Crippen LogP contribution in [0.1, 0.15) is 5.56 Å². The lowest BCUT2D eigenvalue weighted by atomic mass is 10.1. The average Bonchev–Trinajstić information content (AvgIpc) is 2.65. The molecule has 9 heteroatoms. The minimum atomic E-state index is -4.03. The van der Waals surface area contributed by atoms with Gasteiger partial charge < -0.3 is 9.47 Å². The topological polar surface area (TPSA) is 99.0 Å². The molecule has 0 radical (unpaired) electrons. The predicted octanol–water partition coefficient (Wildman–Crippen LogP) is 3.30. The van der Waals surface area contributed by atoms with Crippen molar-refractivity contribution in [1.29, 1.82) is 0 Å². The van der Waals surface area contributed by atoms with Crippen molar-refractivity contribution >= 4 is 21.4 Å². The van der Waals surface area contributed by atoms with Gasteiger partial charge >= 0.3 is 0 Å². The second-order valence-corrected chi connectivity index (χ2v) is 7.38. The third-order valence-electron chi connectivity index (χ3n) is 3.98. The fourth-order valence-electron chi connectivity index (χ4n) is 2.63. The predicted molar refractivity (Wildman–Crippen MR) is 102 cm³/mol. The van der Waals surface area contributed by atoms with E-state index in [0.29, 0.717) is 5.75 Å². The van der Waals surface area contributed by atoms with Crippen LogP contribution in [0.15, 0.2) is 53.9 Å². The molecule has 0 fully saturated rings. The number of rotatable bonds is 8. The third kappa shape index (κ3) is 3.87. The largest absolute Gasteiger partial charge is 0.493 e. The first kappa shape index (κ1) is 20.2. The number of ether oxygens (including phenoxy) is 2. The quantitative estimate of drug-likeness (QED) is 0.388. The zero-order chi connectivity index (χ0) is 20.2. The molecule has 0 atom stereocenters. The smallest absolute Gasteiger partial charge is 0.274 e. The van der Waals surface area contributed by atoms with E-state index in [1.807, 2.05) is 0 Å². The van der Waals surface area contributed by atoms with Crippen LogP contribution >= 0.6 is 0 Å². The Labute approximate surface area is 157 Å². The summed E-state index contributed by atoms with van der Waals surface area (Å²) in [5.74, 6) is 0.645. The lowest BCUT2D eigenvalue weighted by Gasteiger charge is -2.25. The van der Waals surface area contributed by atoms with Crippen LogP contribution in [0.3, 0.4) is 0 Å². The third-order valence-corrected chi connectivity index (χ3v) is 5.76. The molecular formula is C18H20N2O6S. The molecule has 0 aliphatic carbocycles. The molecule has 8 nitrogen and oxygen atoms in total. The molecule has 144 valence electrons. The van der Waals surface area contributed by atoms with Crippen molar-refractivity contribution in [3.8, 4) is 11.5 Å². The van der Waals surface area contributed by atoms with Crippen LogP contribution < -0.4 is 13.8 Å². The van der Waals surface area contributed by atoms with Gasteiger partial charge in [0.2, 0.25) is 0 Å². The number of hydrogen-bond donors (Lipinski definition) is 0. The minimum Gasteiger partial charge on any atom is -0.493 e. The van der Waals surface area contributed by atoms with Gasteiger partial charge in [0.25, 0.3) is 15.7 Å². The Hall–Kier alpha value is -3.07. The van der Waals surface area contributed by atoms with Gasteiger partial charge in [-0.25, -0.2) is 8.42 Å². The summed E-state index contributed by atoms with van der Waals surface area (Å²) in [7, 11) is -1.18. The van der Waals surface area contributed by atoms with E-state index in [1.54, 1.807) is 0 Å². The van der Waals surface area contributed by atoms with E-state index in [0.717, 1.165) is 4.31 Å². The van der Waals surface area contributed by atoms with Crippen molar-refractivity contribution < 1.29 is 22.8 Å². The second kappa shape index (κ2) is 8.09. The van der Waals surface area contributed by atoms with E-state index in [1.165, 1.54) is 63.6 Å². The van der Waals surface area contributed by atoms with E-state index in [9.17, 15) is 18.5 Å². The maximum Gasteiger partial charge on any atom is 0.274 e. The summed E-state index contributed by atoms with van der Waals surface area (Å²) in [4.78, 5) is 10.6. The van der Waals surface area contributed by atoms with Gasteiger partial charge in [-0.1, -0.05) is 12.1 Å². The molecule has 2 aromatic rings. The Kier molecular flexibility index (Phi) is 6.06. The molecule has 0 aromatic heterocycles. The molecule has 0 aliphatic heterocycles. The summed E-state index contributed by atoms with van der Waals surface area (Å²) in [6.07, 6.45) is 1.41. The van der Waals surface area contributed by atoms with E-state index < -0.39 is 14.9 Å². The normalized spacial score (nSPS) is 10.9. The number of sulfonamides is 1. The zero-order valence-electron chi connectivity index (χ0n) is 15.2. The van der Waals surface area contributed by atoms with Crippen molar-refractivity contribution in [1.82, 2.24) is 0 Å². The Balaban J connectivity index is 2.64. The van der Waals surface area contributed by atoms with Gasteiger partial charge in [-0.05, 0) is 25.1 Å². The fourth-order valence-corrected chi connectivity index (χ4v) is 4.14. The first-order chi connectivity index (χ1) is 12.8. The summed E-state index contributed by atoms with van der Waals surface area (Å²) >= 11 is 0. The highest BCUT2D eigenvalue weighted by Crippen LogP contribution is 2.35. The lowest BCUT2D eigenvalue weighted by molar-refractivity contribution is -0.385. The standard InChI is InChI=1S/C18H20N2O6S/c1-5-11-19(15-7-6-8-16(13(15)2)20(21)22)27(23,24)14-9-10-17(25-3)18(12-14)26-4/h5-10,12H,1,11H2,2-4H3. The van der Waals surface area contributed by atoms with Crippen molar-refractivity contribution in [2.24, 2.45) is 0 Å². The van der Waals surface area contributed by atoms with Gasteiger partial charge in [-0.2, -0.15) is 0 Å². The summed E-state index contributed by atoms with van der Waals surface area (Å²) in [6.45, 7) is 5.05. The Morgan fingerprint density at radius 1 is 1.19 bits per heavy atom. The van der Waals surface area contributed by atoms with Crippen LogP contribution in [0.25, 0.3) is 0 Å². The van der Waals surface area contributed by atoms with E-state index >= 15 is 0 Å². The van der Waals surface area contributed by atoms with Crippen LogP contribution in [0, 0.1) is 17.0 Å². The summed E-state index contributed by atoms with van der Waals surface area (Å²) in [5, 5.41) is 11.2. The summed E-state index contributed by atoms with van der Waals surface area (Å²) in [5.41, 5.74) is 0.288. The highest BCUT2D eigenvalue weighted by atomic mass is 32.2. The van der Waals surface area contributed by atoms with Crippen LogP contribution in [-0.2, 0) is 10.0 Å². The van der Waals surface area contributed by atoms with Crippen LogP contribution in [-0.4, -0.2) is 34.1 Å². The van der Waals surface area contributed by atoms with Crippen molar-refractivity contribution in [2.75, 3.05) is 25.1 Å². The van der Waals surface area contributed by atoms with Crippen molar-refractivity contribution in [3.63, 3.8) is 0 Å². The molecule has 2 aromatic carbocycles. The average molecular weight is 392 g/mol. The molecular weight excluding hydrogens is 372 g/mol. The van der Waals surface area contributed by atoms with Gasteiger partial charge in [-0.3, -0.25) is 14.4 Å². The molecule has 0 amide bonds. The molecule has 0 heterocycles. The molecule has 0 aliphatic rings. The van der Waals surface area contributed by atoms with Crippen molar-refractivity contribution in [2.45, 2.75) is 11.8 Å². The number of anilines is 1. The number of nitro groups is 1. The first-order valence-corrected chi connectivity index (χ1v) is 9.31. The van der Waals surface area contributed by atoms with Gasteiger partial charge in [0.15, 0.2) is 11.5 Å². The Morgan fingerprint density at radius 3 is 2.41 bits per heavy atom. The molecule has 2 rings (SSSR count). The molecule has 27 heavy (non-hydrogen) atoms. The first-order valence-electron chi connectivity index (χ1n) is 7.87. The van der Waals surface area contributed by atoms with E-state index in [2.05, 4.69) is 6.58 Å². The molecule has 0 saturated heterocycles. The number of nitro benzene ring substituents is 1. The number of nitrogens with zero attached hydrogens (tertiary/aromatic N) is 2. The van der Waals surface area contributed by atoms with E-state index in [4.69, 9.17) is 9.47 Å². The Bertz CT molecular complexity index is 972. The number of methoxy groups -OCH3 is 2. The van der Waals surface area contributed by atoms with Gasteiger partial charge in [0.05, 0.1) is 41.8 Å². The maximum atomic E-state index is 13.2.